The summed E-state index contributed by atoms with van der Waals surface area (Å²) in [5.41, 5.74) is 3.05. The summed E-state index contributed by atoms with van der Waals surface area (Å²) in [5.74, 6) is 1.56. The van der Waals surface area contributed by atoms with Gasteiger partial charge in [0.2, 0.25) is 5.88 Å². The normalized spacial score (nSPS) is 19.9. The molecule has 0 radical (unpaired) electrons. The van der Waals surface area contributed by atoms with Crippen LogP contribution in [0.5, 0.6) is 5.88 Å². The van der Waals surface area contributed by atoms with Crippen LogP contribution in [0.25, 0.3) is 17.3 Å². The van der Waals surface area contributed by atoms with E-state index in [1.807, 2.05) is 13.8 Å². The summed E-state index contributed by atoms with van der Waals surface area (Å²) in [6.45, 7) is 6.11. The van der Waals surface area contributed by atoms with Gasteiger partial charge in [-0.05, 0) is 71.1 Å². The Balaban J connectivity index is 1.23. The maximum Gasteiger partial charge on any atom is 0.354 e. The first-order valence-electron chi connectivity index (χ1n) is 13.2. The van der Waals surface area contributed by atoms with Gasteiger partial charge in [-0.3, -0.25) is 9.67 Å². The van der Waals surface area contributed by atoms with Crippen molar-refractivity contribution in [3.8, 4) is 17.1 Å². The molecular formula is C28H32Cl2N4O4. The quantitative estimate of drug-likeness (QED) is 0.288. The Bertz CT molecular complexity index is 1330. The molecule has 0 spiro atoms. The van der Waals surface area contributed by atoms with Crippen molar-refractivity contribution in [3.63, 3.8) is 0 Å². The van der Waals surface area contributed by atoms with Crippen LogP contribution in [0.15, 0.2) is 23.0 Å². The van der Waals surface area contributed by atoms with Crippen LogP contribution in [0.4, 0.5) is 0 Å². The van der Waals surface area contributed by atoms with Gasteiger partial charge in [-0.2, -0.15) is 0 Å². The van der Waals surface area contributed by atoms with Crippen molar-refractivity contribution < 1.29 is 19.2 Å². The minimum atomic E-state index is -0.986. The molecule has 0 unspecified atom stereocenters. The second-order valence-electron chi connectivity index (χ2n) is 10.6. The first-order chi connectivity index (χ1) is 18.2. The molecule has 0 aromatic carbocycles. The van der Waals surface area contributed by atoms with Crippen molar-refractivity contribution >= 4 is 35.2 Å². The molecule has 2 aliphatic carbocycles. The van der Waals surface area contributed by atoms with Gasteiger partial charge in [-0.1, -0.05) is 40.5 Å². The highest BCUT2D eigenvalue weighted by molar-refractivity contribution is 6.39. The predicted octanol–water partition coefficient (Wildman–Crippen LogP) is 7.60. The van der Waals surface area contributed by atoms with Crippen LogP contribution in [-0.4, -0.2) is 37.6 Å². The number of halogens is 2. The first-order valence-corrected chi connectivity index (χ1v) is 13.9. The zero-order valence-electron chi connectivity index (χ0n) is 21.8. The van der Waals surface area contributed by atoms with Crippen molar-refractivity contribution in [2.45, 2.75) is 71.3 Å². The lowest BCUT2D eigenvalue weighted by atomic mass is 9.82. The van der Waals surface area contributed by atoms with Crippen molar-refractivity contribution in [3.05, 3.63) is 51.1 Å². The third kappa shape index (κ3) is 5.47. The largest absolute Gasteiger partial charge is 0.477 e. The van der Waals surface area contributed by atoms with Crippen LogP contribution in [-0.2, 0) is 0 Å². The molecule has 8 nitrogen and oxygen atoms in total. The lowest BCUT2D eigenvalue weighted by molar-refractivity contribution is 0.0680. The number of rotatable bonds is 9. The number of hydrogen-bond donors (Lipinski definition) is 1. The molecule has 5 rings (SSSR count). The number of carboxylic acids is 1. The lowest BCUT2D eigenvalue weighted by Gasteiger charge is -2.26. The summed E-state index contributed by atoms with van der Waals surface area (Å²) < 4.78 is 13.3. The van der Waals surface area contributed by atoms with Crippen LogP contribution in [0.1, 0.15) is 91.7 Å². The van der Waals surface area contributed by atoms with Gasteiger partial charge in [0.1, 0.15) is 11.5 Å². The number of pyridine rings is 1. The molecule has 3 aromatic heterocycles. The van der Waals surface area contributed by atoms with Gasteiger partial charge < -0.3 is 14.4 Å². The Morgan fingerprint density at radius 1 is 1.18 bits per heavy atom. The van der Waals surface area contributed by atoms with E-state index in [-0.39, 0.29) is 11.7 Å². The van der Waals surface area contributed by atoms with Crippen LogP contribution < -0.4 is 4.74 Å². The van der Waals surface area contributed by atoms with Crippen LogP contribution in [0.2, 0.25) is 10.0 Å². The van der Waals surface area contributed by atoms with Gasteiger partial charge in [-0.15, -0.1) is 5.10 Å². The van der Waals surface area contributed by atoms with Gasteiger partial charge in [0.15, 0.2) is 5.69 Å². The lowest BCUT2D eigenvalue weighted by Crippen LogP contribution is -2.19. The first kappa shape index (κ1) is 26.8. The maximum atomic E-state index is 11.7. The summed E-state index contributed by atoms with van der Waals surface area (Å²) in [5, 5.41) is 19.3. The highest BCUT2D eigenvalue weighted by Gasteiger charge is 2.33. The standard InChI is InChI=1S/C28H32Cl2N4O4/c1-15(2)34-25(28(35)36)16(3)27(32-34)37-14-18-6-4-17(5-7-18)8-11-20-24(33-38-26(20)19-9-10-19)23-21(29)12-31-13-22(23)30/h8,11-13,15,17-19H,4-7,9-10,14H2,1-3H3,(H,35,36)/b11-8+. The maximum absolute atomic E-state index is 11.7. The summed E-state index contributed by atoms with van der Waals surface area (Å²) in [6, 6.07) is -0.0589. The molecule has 0 bridgehead atoms. The van der Waals surface area contributed by atoms with E-state index in [9.17, 15) is 9.90 Å². The second kappa shape index (κ2) is 11.1. The summed E-state index contributed by atoms with van der Waals surface area (Å²) in [7, 11) is 0. The average Bonchev–Trinajstić information content (AvgIpc) is 3.55. The van der Waals surface area contributed by atoms with E-state index in [1.165, 1.54) is 4.68 Å². The molecule has 10 heteroatoms. The molecule has 2 aliphatic rings. The van der Waals surface area contributed by atoms with Gasteiger partial charge in [0.25, 0.3) is 0 Å². The second-order valence-corrected chi connectivity index (χ2v) is 11.4. The van der Waals surface area contributed by atoms with E-state index in [1.54, 1.807) is 19.3 Å². The zero-order valence-corrected chi connectivity index (χ0v) is 23.3. The molecular weight excluding hydrogens is 527 g/mol. The molecule has 2 fully saturated rings. The minimum Gasteiger partial charge on any atom is -0.477 e. The van der Waals surface area contributed by atoms with Crippen molar-refractivity contribution in [2.24, 2.45) is 11.8 Å². The van der Waals surface area contributed by atoms with E-state index >= 15 is 0 Å². The minimum absolute atomic E-state index is 0.0589. The SMILES string of the molecule is Cc1c(OCC2CCC(/C=C/c3c(-c4c(Cl)cncc4Cl)noc3C3CC3)CC2)nn(C(C)C)c1C(=O)O. The Kier molecular flexibility index (Phi) is 7.82. The van der Waals surface area contributed by atoms with Gasteiger partial charge in [0, 0.05) is 41.0 Å². The molecule has 38 heavy (non-hydrogen) atoms. The van der Waals surface area contributed by atoms with Crippen molar-refractivity contribution in [1.82, 2.24) is 19.9 Å². The highest BCUT2D eigenvalue weighted by atomic mass is 35.5. The number of nitrogens with zero attached hydrogens (tertiary/aromatic N) is 4. The topological polar surface area (TPSA) is 103 Å². The highest BCUT2D eigenvalue weighted by Crippen LogP contribution is 2.46. The van der Waals surface area contributed by atoms with E-state index in [4.69, 9.17) is 32.5 Å². The molecule has 0 saturated heterocycles. The Hall–Kier alpha value is -2.84. The van der Waals surface area contributed by atoms with Crippen LogP contribution >= 0.6 is 23.2 Å². The fourth-order valence-electron chi connectivity index (χ4n) is 5.17. The fourth-order valence-corrected chi connectivity index (χ4v) is 5.71. The number of aromatic nitrogens is 4. The summed E-state index contributed by atoms with van der Waals surface area (Å²) >= 11 is 12.9. The number of hydrogen-bond acceptors (Lipinski definition) is 6. The molecule has 0 atom stereocenters. The van der Waals surface area contributed by atoms with Crippen molar-refractivity contribution in [2.75, 3.05) is 6.61 Å². The number of ether oxygens (including phenoxy) is 1. The smallest absolute Gasteiger partial charge is 0.354 e. The number of allylic oxidation sites excluding steroid dienone is 1. The molecule has 0 aliphatic heterocycles. The molecule has 2 saturated carbocycles. The molecule has 3 heterocycles. The van der Waals surface area contributed by atoms with E-state index in [0.717, 1.165) is 49.8 Å². The van der Waals surface area contributed by atoms with E-state index in [0.29, 0.717) is 57.1 Å². The Morgan fingerprint density at radius 3 is 2.45 bits per heavy atom. The van der Waals surface area contributed by atoms with Gasteiger partial charge >= 0.3 is 5.97 Å². The summed E-state index contributed by atoms with van der Waals surface area (Å²) in [6.07, 6.45) is 13.9. The molecule has 202 valence electrons. The third-order valence-corrected chi connectivity index (χ3v) is 8.04. The number of carbonyl (C=O) groups is 1. The predicted molar refractivity (Wildman–Crippen MR) is 146 cm³/mol. The molecule has 3 aromatic rings. The van der Waals surface area contributed by atoms with Crippen LogP contribution in [0.3, 0.4) is 0 Å². The Labute approximate surface area is 232 Å². The number of carboxylic acid groups (broad SMARTS) is 1. The number of aromatic carboxylic acids is 1. The third-order valence-electron chi connectivity index (χ3n) is 7.47. The van der Waals surface area contributed by atoms with Gasteiger partial charge in [0.05, 0.1) is 16.7 Å². The fraction of sp³-hybridized carbons (Fsp3) is 0.500. The molecule has 0 amide bonds. The zero-order chi connectivity index (χ0) is 27.0. The summed E-state index contributed by atoms with van der Waals surface area (Å²) in [4.78, 5) is 15.8. The van der Waals surface area contributed by atoms with E-state index in [2.05, 4.69) is 27.4 Å². The Morgan fingerprint density at radius 2 is 1.87 bits per heavy atom. The van der Waals surface area contributed by atoms with Crippen LogP contribution in [0, 0.1) is 18.8 Å². The van der Waals surface area contributed by atoms with Crippen molar-refractivity contribution in [1.29, 1.82) is 0 Å². The van der Waals surface area contributed by atoms with E-state index < -0.39 is 5.97 Å². The monoisotopic (exact) mass is 558 g/mol. The van der Waals surface area contributed by atoms with Gasteiger partial charge in [-0.25, -0.2) is 4.79 Å². The average molecular weight is 559 g/mol. The molecule has 1 N–H and O–H groups in total.